The summed E-state index contributed by atoms with van der Waals surface area (Å²) in [5, 5.41) is 4.82. The molecule has 1 heterocycles. The van der Waals surface area contributed by atoms with Gasteiger partial charge in [0, 0.05) is 41.1 Å². The zero-order chi connectivity index (χ0) is 17.5. The maximum Gasteiger partial charge on any atom is 0.124 e. The van der Waals surface area contributed by atoms with Crippen LogP contribution < -0.4 is 10.1 Å². The molecule has 0 atom stereocenters. The molecule has 6 heteroatoms. The standard InChI is InChI=1S/C20H18Cl2N2O.ClH/c21-18-3-1-16(2-4-18)14-25-20-6-5-19(22)11-17(20)13-24-12-15-7-9-23-10-8-15;/h1-11,24H,12-14H2;1H. The third-order valence-electron chi connectivity index (χ3n) is 3.72. The molecule has 0 aliphatic heterocycles. The van der Waals surface area contributed by atoms with E-state index in [2.05, 4.69) is 10.3 Å². The lowest BCUT2D eigenvalue weighted by Crippen LogP contribution is -2.13. The topological polar surface area (TPSA) is 34.1 Å². The van der Waals surface area contributed by atoms with Gasteiger partial charge in [-0.15, -0.1) is 12.4 Å². The van der Waals surface area contributed by atoms with Crippen molar-refractivity contribution >= 4 is 35.6 Å². The second-order valence-electron chi connectivity index (χ2n) is 5.63. The first-order chi connectivity index (χ1) is 12.2. The van der Waals surface area contributed by atoms with Gasteiger partial charge in [-0.3, -0.25) is 4.98 Å². The Balaban J connectivity index is 0.00000243. The molecule has 136 valence electrons. The Morgan fingerprint density at radius 3 is 2.23 bits per heavy atom. The number of pyridine rings is 1. The highest BCUT2D eigenvalue weighted by atomic mass is 35.5. The minimum Gasteiger partial charge on any atom is -0.489 e. The van der Waals surface area contributed by atoms with Crippen molar-refractivity contribution in [2.45, 2.75) is 19.7 Å². The zero-order valence-corrected chi connectivity index (χ0v) is 16.3. The number of nitrogens with one attached hydrogen (secondary N) is 1. The van der Waals surface area contributed by atoms with E-state index >= 15 is 0 Å². The van der Waals surface area contributed by atoms with Gasteiger partial charge in [0.15, 0.2) is 0 Å². The van der Waals surface area contributed by atoms with Crippen molar-refractivity contribution in [3.05, 3.63) is 93.7 Å². The molecule has 0 radical (unpaired) electrons. The molecule has 0 spiro atoms. The molecule has 0 unspecified atom stereocenters. The van der Waals surface area contributed by atoms with Gasteiger partial charge in [-0.2, -0.15) is 0 Å². The van der Waals surface area contributed by atoms with Crippen molar-refractivity contribution in [2.24, 2.45) is 0 Å². The van der Waals surface area contributed by atoms with Gasteiger partial charge in [0.25, 0.3) is 0 Å². The van der Waals surface area contributed by atoms with E-state index in [4.69, 9.17) is 27.9 Å². The van der Waals surface area contributed by atoms with Crippen LogP contribution in [0.25, 0.3) is 0 Å². The van der Waals surface area contributed by atoms with Gasteiger partial charge in [-0.25, -0.2) is 0 Å². The van der Waals surface area contributed by atoms with Gasteiger partial charge in [0.05, 0.1) is 0 Å². The van der Waals surface area contributed by atoms with Gasteiger partial charge in [-0.1, -0.05) is 35.3 Å². The van der Waals surface area contributed by atoms with E-state index in [1.54, 1.807) is 12.4 Å². The number of hydrogen-bond donors (Lipinski definition) is 1. The Kier molecular flexibility index (Phi) is 8.20. The Morgan fingerprint density at radius 1 is 0.808 bits per heavy atom. The van der Waals surface area contributed by atoms with Crippen molar-refractivity contribution in [1.82, 2.24) is 10.3 Å². The quantitative estimate of drug-likeness (QED) is 0.545. The van der Waals surface area contributed by atoms with Crippen molar-refractivity contribution < 1.29 is 4.74 Å². The van der Waals surface area contributed by atoms with E-state index < -0.39 is 0 Å². The maximum absolute atomic E-state index is 6.14. The summed E-state index contributed by atoms with van der Waals surface area (Å²) in [6.45, 7) is 1.90. The molecular formula is C20H19Cl3N2O. The normalized spacial score (nSPS) is 10.2. The molecule has 0 bridgehead atoms. The summed E-state index contributed by atoms with van der Waals surface area (Å²) in [6, 6.07) is 17.3. The van der Waals surface area contributed by atoms with Crippen LogP contribution in [-0.4, -0.2) is 4.98 Å². The number of nitrogens with zero attached hydrogens (tertiary/aromatic N) is 1. The van der Waals surface area contributed by atoms with Gasteiger partial charge in [-0.05, 0) is 53.6 Å². The minimum absolute atomic E-state index is 0. The molecule has 0 aliphatic rings. The van der Waals surface area contributed by atoms with E-state index in [1.807, 2.05) is 54.6 Å². The van der Waals surface area contributed by atoms with Crippen LogP contribution >= 0.6 is 35.6 Å². The van der Waals surface area contributed by atoms with Crippen molar-refractivity contribution in [3.8, 4) is 5.75 Å². The number of benzene rings is 2. The molecule has 3 rings (SSSR count). The summed E-state index contributed by atoms with van der Waals surface area (Å²) in [7, 11) is 0. The van der Waals surface area contributed by atoms with Crippen molar-refractivity contribution in [3.63, 3.8) is 0 Å². The molecule has 0 saturated carbocycles. The highest BCUT2D eigenvalue weighted by Gasteiger charge is 2.06. The van der Waals surface area contributed by atoms with Crippen LogP contribution in [0, 0.1) is 0 Å². The van der Waals surface area contributed by atoms with Crippen LogP contribution in [0.2, 0.25) is 10.0 Å². The summed E-state index contributed by atoms with van der Waals surface area (Å²) in [5.74, 6) is 0.821. The first-order valence-corrected chi connectivity index (χ1v) is 8.71. The third-order valence-corrected chi connectivity index (χ3v) is 4.21. The van der Waals surface area contributed by atoms with Crippen LogP contribution in [0.1, 0.15) is 16.7 Å². The molecular weight excluding hydrogens is 391 g/mol. The van der Waals surface area contributed by atoms with Crippen LogP contribution in [-0.2, 0) is 19.7 Å². The molecule has 0 aliphatic carbocycles. The van der Waals surface area contributed by atoms with Gasteiger partial charge in [0.1, 0.15) is 12.4 Å². The fourth-order valence-corrected chi connectivity index (χ4v) is 2.73. The molecule has 0 amide bonds. The fourth-order valence-electron chi connectivity index (χ4n) is 2.41. The first kappa shape index (κ1) is 20.5. The van der Waals surface area contributed by atoms with E-state index in [1.165, 1.54) is 5.56 Å². The lowest BCUT2D eigenvalue weighted by atomic mass is 10.2. The first-order valence-electron chi connectivity index (χ1n) is 7.96. The van der Waals surface area contributed by atoms with E-state index in [9.17, 15) is 0 Å². The second-order valence-corrected chi connectivity index (χ2v) is 6.50. The molecule has 1 N–H and O–H groups in total. The lowest BCUT2D eigenvalue weighted by Gasteiger charge is -2.13. The smallest absolute Gasteiger partial charge is 0.124 e. The third kappa shape index (κ3) is 6.19. The Bertz CT molecular complexity index is 811. The SMILES string of the molecule is Cl.Clc1ccc(COc2ccc(Cl)cc2CNCc2ccncc2)cc1. The number of halogens is 3. The van der Waals surface area contributed by atoms with Crippen LogP contribution in [0.4, 0.5) is 0 Å². The zero-order valence-electron chi connectivity index (χ0n) is 14.0. The Labute approximate surface area is 169 Å². The summed E-state index contributed by atoms with van der Waals surface area (Å²) in [4.78, 5) is 4.02. The van der Waals surface area contributed by atoms with E-state index in [0.29, 0.717) is 18.2 Å². The highest BCUT2D eigenvalue weighted by molar-refractivity contribution is 6.30. The van der Waals surface area contributed by atoms with Crippen molar-refractivity contribution in [1.29, 1.82) is 0 Å². The monoisotopic (exact) mass is 408 g/mol. The molecule has 0 fully saturated rings. The molecule has 1 aromatic heterocycles. The predicted molar refractivity (Wildman–Crippen MR) is 109 cm³/mol. The highest BCUT2D eigenvalue weighted by Crippen LogP contribution is 2.24. The largest absolute Gasteiger partial charge is 0.489 e. The molecule has 26 heavy (non-hydrogen) atoms. The number of ether oxygens (including phenoxy) is 1. The lowest BCUT2D eigenvalue weighted by molar-refractivity contribution is 0.302. The van der Waals surface area contributed by atoms with E-state index in [0.717, 1.165) is 28.4 Å². The summed E-state index contributed by atoms with van der Waals surface area (Å²) in [5.41, 5.74) is 3.27. The Hall–Kier alpha value is -1.78. The second kappa shape index (κ2) is 10.4. The number of aromatic nitrogens is 1. The van der Waals surface area contributed by atoms with Crippen LogP contribution in [0.5, 0.6) is 5.75 Å². The average Bonchev–Trinajstić information content (AvgIpc) is 2.63. The number of rotatable bonds is 7. The Morgan fingerprint density at radius 2 is 1.50 bits per heavy atom. The maximum atomic E-state index is 6.14. The fraction of sp³-hybridized carbons (Fsp3) is 0.150. The van der Waals surface area contributed by atoms with E-state index in [-0.39, 0.29) is 12.4 Å². The summed E-state index contributed by atoms with van der Waals surface area (Å²) in [6.07, 6.45) is 3.58. The van der Waals surface area contributed by atoms with Gasteiger partial charge in [0.2, 0.25) is 0 Å². The minimum atomic E-state index is 0. The molecule has 3 aromatic rings. The predicted octanol–water partition coefficient (Wildman–Crippen LogP) is 5.68. The number of hydrogen-bond acceptors (Lipinski definition) is 3. The average molecular weight is 410 g/mol. The summed E-state index contributed by atoms with van der Waals surface area (Å²) >= 11 is 12.1. The van der Waals surface area contributed by atoms with Crippen LogP contribution in [0.15, 0.2) is 67.0 Å². The molecule has 0 saturated heterocycles. The van der Waals surface area contributed by atoms with Gasteiger partial charge < -0.3 is 10.1 Å². The molecule has 2 aromatic carbocycles. The van der Waals surface area contributed by atoms with Crippen molar-refractivity contribution in [2.75, 3.05) is 0 Å². The molecule has 3 nitrogen and oxygen atoms in total. The van der Waals surface area contributed by atoms with Gasteiger partial charge >= 0.3 is 0 Å². The van der Waals surface area contributed by atoms with Crippen LogP contribution in [0.3, 0.4) is 0 Å². The summed E-state index contributed by atoms with van der Waals surface area (Å²) < 4.78 is 5.97.